The van der Waals surface area contributed by atoms with E-state index in [1.165, 1.54) is 4.90 Å². The van der Waals surface area contributed by atoms with E-state index in [1.807, 2.05) is 72.8 Å². The zero-order chi connectivity index (χ0) is 14.5. The summed E-state index contributed by atoms with van der Waals surface area (Å²) in [5.41, 5.74) is 2.77. The molecule has 0 unspecified atom stereocenters. The summed E-state index contributed by atoms with van der Waals surface area (Å²) in [6.07, 6.45) is 7.03. The number of allylic oxidation sites excluding steroid dienone is 2. The average molecular weight is 277 g/mol. The number of para-hydroxylation sites is 1. The Balaban J connectivity index is 1.76. The van der Waals surface area contributed by atoms with E-state index in [4.69, 9.17) is 4.74 Å². The molecule has 1 heterocycles. The van der Waals surface area contributed by atoms with Gasteiger partial charge in [-0.05, 0) is 23.3 Å². The minimum absolute atomic E-state index is 0.264. The van der Waals surface area contributed by atoms with Gasteiger partial charge in [0.05, 0.1) is 5.69 Å². The molecule has 2 aromatic carbocycles. The summed E-state index contributed by atoms with van der Waals surface area (Å²) in [6, 6.07) is 17.4. The third-order valence-corrected chi connectivity index (χ3v) is 3.22. The first-order valence-electron chi connectivity index (χ1n) is 6.78. The molecule has 0 N–H and O–H groups in total. The van der Waals surface area contributed by atoms with Gasteiger partial charge in [0.2, 0.25) is 0 Å². The van der Waals surface area contributed by atoms with Crippen molar-refractivity contribution in [1.29, 1.82) is 0 Å². The van der Waals surface area contributed by atoms with Crippen LogP contribution < -0.4 is 4.90 Å². The van der Waals surface area contributed by atoms with Crippen LogP contribution in [0.4, 0.5) is 10.5 Å². The number of ether oxygens (including phenoxy) is 1. The fourth-order valence-corrected chi connectivity index (χ4v) is 2.17. The van der Waals surface area contributed by atoms with Gasteiger partial charge in [-0.25, -0.2) is 4.79 Å². The molecule has 3 nitrogen and oxygen atoms in total. The molecule has 0 radical (unpaired) electrons. The smallest absolute Gasteiger partial charge is 0.418 e. The van der Waals surface area contributed by atoms with Crippen LogP contribution in [-0.2, 0) is 11.3 Å². The van der Waals surface area contributed by atoms with Crippen LogP contribution in [0.5, 0.6) is 0 Å². The Morgan fingerprint density at radius 2 is 1.71 bits per heavy atom. The van der Waals surface area contributed by atoms with Crippen LogP contribution in [0.25, 0.3) is 6.08 Å². The van der Waals surface area contributed by atoms with Gasteiger partial charge < -0.3 is 4.74 Å². The highest BCUT2D eigenvalue weighted by molar-refractivity contribution is 5.93. The molecular weight excluding hydrogens is 262 g/mol. The second kappa shape index (κ2) is 6.09. The first kappa shape index (κ1) is 13.2. The zero-order valence-electron chi connectivity index (χ0n) is 11.5. The SMILES string of the molecule is O=C(OCc1ccccc1)N1C=CC=Cc2ccccc21. The number of carbonyl (C=O) groups is 1. The third-order valence-electron chi connectivity index (χ3n) is 3.22. The summed E-state index contributed by atoms with van der Waals surface area (Å²) in [5.74, 6) is 0. The van der Waals surface area contributed by atoms with E-state index in [-0.39, 0.29) is 12.7 Å². The van der Waals surface area contributed by atoms with Crippen molar-refractivity contribution in [3.63, 3.8) is 0 Å². The Morgan fingerprint density at radius 1 is 0.952 bits per heavy atom. The lowest BCUT2D eigenvalue weighted by molar-refractivity contribution is 0.149. The molecule has 0 saturated heterocycles. The van der Waals surface area contributed by atoms with E-state index in [9.17, 15) is 4.79 Å². The number of nitrogens with zero attached hydrogens (tertiary/aromatic N) is 1. The maximum Gasteiger partial charge on any atom is 0.418 e. The standard InChI is InChI=1S/C18H15NO2/c20-18(21-14-15-8-2-1-3-9-15)19-13-7-6-11-16-10-4-5-12-17(16)19/h1-13H,14H2. The Hall–Kier alpha value is -2.81. The predicted octanol–water partition coefficient (Wildman–Crippen LogP) is 4.37. The topological polar surface area (TPSA) is 29.5 Å². The number of hydrogen-bond donors (Lipinski definition) is 0. The Kier molecular flexibility index (Phi) is 3.83. The monoisotopic (exact) mass is 277 g/mol. The number of amides is 1. The maximum atomic E-state index is 12.3. The van der Waals surface area contributed by atoms with Gasteiger partial charge in [0.15, 0.2) is 0 Å². The van der Waals surface area contributed by atoms with Gasteiger partial charge in [0.25, 0.3) is 0 Å². The molecule has 2 aromatic rings. The fourth-order valence-electron chi connectivity index (χ4n) is 2.17. The molecule has 0 aliphatic carbocycles. The summed E-state index contributed by atoms with van der Waals surface area (Å²) >= 11 is 0. The van der Waals surface area contributed by atoms with Gasteiger partial charge in [-0.2, -0.15) is 0 Å². The molecule has 3 rings (SSSR count). The summed E-state index contributed by atoms with van der Waals surface area (Å²) in [6.45, 7) is 0.264. The highest BCUT2D eigenvalue weighted by atomic mass is 16.6. The molecule has 0 bridgehead atoms. The fraction of sp³-hybridized carbons (Fsp3) is 0.0556. The molecule has 21 heavy (non-hydrogen) atoms. The van der Waals surface area contributed by atoms with E-state index in [2.05, 4.69) is 0 Å². The lowest BCUT2D eigenvalue weighted by atomic mass is 10.1. The van der Waals surface area contributed by atoms with Gasteiger partial charge >= 0.3 is 6.09 Å². The van der Waals surface area contributed by atoms with Crippen molar-refractivity contribution in [2.45, 2.75) is 6.61 Å². The van der Waals surface area contributed by atoms with Gasteiger partial charge in [0, 0.05) is 6.20 Å². The summed E-state index contributed by atoms with van der Waals surface area (Å²) < 4.78 is 5.39. The Morgan fingerprint density at radius 3 is 2.57 bits per heavy atom. The van der Waals surface area contributed by atoms with Gasteiger partial charge in [0.1, 0.15) is 6.61 Å². The van der Waals surface area contributed by atoms with Crippen molar-refractivity contribution >= 4 is 17.9 Å². The number of anilines is 1. The number of benzene rings is 2. The molecule has 0 aromatic heterocycles. The third kappa shape index (κ3) is 3.03. The van der Waals surface area contributed by atoms with Crippen molar-refractivity contribution in [2.24, 2.45) is 0 Å². The van der Waals surface area contributed by atoms with Gasteiger partial charge in [-0.1, -0.05) is 60.7 Å². The summed E-state index contributed by atoms with van der Waals surface area (Å²) in [7, 11) is 0. The molecule has 1 amide bonds. The summed E-state index contributed by atoms with van der Waals surface area (Å²) in [4.78, 5) is 13.8. The summed E-state index contributed by atoms with van der Waals surface area (Å²) in [5, 5.41) is 0. The first-order chi connectivity index (χ1) is 10.3. The van der Waals surface area contributed by atoms with Crippen molar-refractivity contribution in [3.05, 3.63) is 84.1 Å². The van der Waals surface area contributed by atoms with E-state index in [0.29, 0.717) is 0 Å². The quantitative estimate of drug-likeness (QED) is 0.815. The average Bonchev–Trinajstić information content (AvgIpc) is 2.76. The van der Waals surface area contributed by atoms with E-state index in [0.717, 1.165) is 16.8 Å². The lowest BCUT2D eigenvalue weighted by Gasteiger charge is -2.19. The van der Waals surface area contributed by atoms with Crippen molar-refractivity contribution in [3.8, 4) is 0 Å². The Bertz CT molecular complexity index is 689. The van der Waals surface area contributed by atoms with Crippen molar-refractivity contribution < 1.29 is 9.53 Å². The Labute approximate surface area is 123 Å². The van der Waals surface area contributed by atoms with E-state index in [1.54, 1.807) is 6.20 Å². The van der Waals surface area contributed by atoms with Crippen molar-refractivity contribution in [1.82, 2.24) is 0 Å². The van der Waals surface area contributed by atoms with Crippen LogP contribution in [0.1, 0.15) is 11.1 Å². The molecule has 104 valence electrons. The highest BCUT2D eigenvalue weighted by Gasteiger charge is 2.17. The second-order valence-corrected chi connectivity index (χ2v) is 4.67. The molecular formula is C18H15NO2. The second-order valence-electron chi connectivity index (χ2n) is 4.67. The minimum atomic E-state index is -0.383. The maximum absolute atomic E-state index is 12.3. The van der Waals surface area contributed by atoms with Gasteiger partial charge in [-0.15, -0.1) is 0 Å². The van der Waals surface area contributed by atoms with Crippen LogP contribution in [0, 0.1) is 0 Å². The number of hydrogen-bond acceptors (Lipinski definition) is 2. The molecule has 0 spiro atoms. The number of carbonyl (C=O) groups excluding carboxylic acids is 1. The largest absolute Gasteiger partial charge is 0.444 e. The lowest BCUT2D eigenvalue weighted by Crippen LogP contribution is -2.26. The first-order valence-corrected chi connectivity index (χ1v) is 6.78. The molecule has 1 aliphatic heterocycles. The highest BCUT2D eigenvalue weighted by Crippen LogP contribution is 2.25. The normalized spacial score (nSPS) is 12.7. The predicted molar refractivity (Wildman–Crippen MR) is 83.7 cm³/mol. The van der Waals surface area contributed by atoms with Crippen LogP contribution >= 0.6 is 0 Å². The van der Waals surface area contributed by atoms with Crippen LogP contribution in [0.2, 0.25) is 0 Å². The molecule has 0 fully saturated rings. The molecule has 0 saturated carbocycles. The molecule has 3 heteroatoms. The van der Waals surface area contributed by atoms with E-state index >= 15 is 0 Å². The molecule has 0 atom stereocenters. The van der Waals surface area contributed by atoms with Crippen LogP contribution in [-0.4, -0.2) is 6.09 Å². The van der Waals surface area contributed by atoms with Gasteiger partial charge in [-0.3, -0.25) is 4.90 Å². The molecule has 1 aliphatic rings. The van der Waals surface area contributed by atoms with Crippen LogP contribution in [0.3, 0.4) is 0 Å². The number of rotatable bonds is 2. The van der Waals surface area contributed by atoms with Crippen LogP contribution in [0.15, 0.2) is 72.9 Å². The minimum Gasteiger partial charge on any atom is -0.444 e. The zero-order valence-corrected chi connectivity index (χ0v) is 11.5. The van der Waals surface area contributed by atoms with Crippen molar-refractivity contribution in [2.75, 3.05) is 4.90 Å². The van der Waals surface area contributed by atoms with E-state index < -0.39 is 0 Å². The number of fused-ring (bicyclic) bond motifs is 1.